The van der Waals surface area contributed by atoms with E-state index in [0.717, 1.165) is 6.54 Å². The van der Waals surface area contributed by atoms with Crippen LogP contribution in [0.4, 0.5) is 0 Å². The third-order valence-corrected chi connectivity index (χ3v) is 3.93. The van der Waals surface area contributed by atoms with E-state index in [4.69, 9.17) is 11.6 Å². The zero-order valence-corrected chi connectivity index (χ0v) is 11.6. The molecule has 0 radical (unpaired) electrons. The smallest absolute Gasteiger partial charge is 0.0348 e. The monoisotopic (exact) mass is 271 g/mol. The van der Waals surface area contributed by atoms with E-state index in [9.17, 15) is 0 Å². The standard InChI is InChI=1S/C17H18ClN/c18-10-11-19-17-12-16(17)15-8-6-14(7-9-15)13-4-2-1-3-5-13/h1-9,16-17,19H,10-12H2/t16-,17+/m0/s1. The molecule has 2 atom stereocenters. The Morgan fingerprint density at radius 1 is 0.947 bits per heavy atom. The Morgan fingerprint density at radius 3 is 2.32 bits per heavy atom. The summed E-state index contributed by atoms with van der Waals surface area (Å²) in [5, 5.41) is 3.47. The molecule has 1 saturated carbocycles. The predicted octanol–water partition coefficient (Wildman–Crippen LogP) is 4.04. The van der Waals surface area contributed by atoms with Crippen molar-refractivity contribution in [2.45, 2.75) is 18.4 Å². The second-order valence-corrected chi connectivity index (χ2v) is 5.46. The second-order valence-electron chi connectivity index (χ2n) is 5.08. The van der Waals surface area contributed by atoms with Crippen molar-refractivity contribution in [3.63, 3.8) is 0 Å². The summed E-state index contributed by atoms with van der Waals surface area (Å²) >= 11 is 5.69. The Bertz CT molecular complexity index is 521. The molecule has 0 bridgehead atoms. The van der Waals surface area contributed by atoms with E-state index in [2.05, 4.69) is 59.9 Å². The molecule has 1 fully saturated rings. The van der Waals surface area contributed by atoms with Gasteiger partial charge in [-0.1, -0.05) is 54.6 Å². The average Bonchev–Trinajstić information content (AvgIpc) is 3.26. The second kappa shape index (κ2) is 5.77. The highest BCUT2D eigenvalue weighted by molar-refractivity contribution is 6.18. The number of hydrogen-bond donors (Lipinski definition) is 1. The number of rotatable bonds is 5. The van der Waals surface area contributed by atoms with Gasteiger partial charge in [-0.3, -0.25) is 0 Å². The minimum absolute atomic E-state index is 0.626. The van der Waals surface area contributed by atoms with Gasteiger partial charge < -0.3 is 5.32 Å². The Kier molecular flexibility index (Phi) is 3.86. The lowest BCUT2D eigenvalue weighted by Gasteiger charge is -2.05. The first-order valence-corrected chi connectivity index (χ1v) is 7.36. The summed E-state index contributed by atoms with van der Waals surface area (Å²) in [4.78, 5) is 0. The molecule has 0 unspecified atom stereocenters. The predicted molar refractivity (Wildman–Crippen MR) is 81.7 cm³/mol. The summed E-state index contributed by atoms with van der Waals surface area (Å²) in [6.07, 6.45) is 1.24. The maximum absolute atomic E-state index is 5.69. The lowest BCUT2D eigenvalue weighted by atomic mass is 10.0. The fourth-order valence-corrected chi connectivity index (χ4v) is 2.69. The number of hydrogen-bond acceptors (Lipinski definition) is 1. The molecule has 1 N–H and O–H groups in total. The van der Waals surface area contributed by atoms with Gasteiger partial charge in [-0.15, -0.1) is 11.6 Å². The zero-order valence-electron chi connectivity index (χ0n) is 10.9. The molecule has 1 aliphatic rings. The van der Waals surface area contributed by atoms with Crippen LogP contribution in [0.3, 0.4) is 0 Å². The lowest BCUT2D eigenvalue weighted by Crippen LogP contribution is -2.20. The van der Waals surface area contributed by atoms with Crippen molar-refractivity contribution >= 4 is 11.6 Å². The molecule has 19 heavy (non-hydrogen) atoms. The van der Waals surface area contributed by atoms with Crippen LogP contribution in [0.25, 0.3) is 11.1 Å². The van der Waals surface area contributed by atoms with Crippen molar-refractivity contribution < 1.29 is 0 Å². The van der Waals surface area contributed by atoms with Crippen molar-refractivity contribution in [2.75, 3.05) is 12.4 Å². The van der Waals surface area contributed by atoms with Crippen LogP contribution in [-0.4, -0.2) is 18.5 Å². The van der Waals surface area contributed by atoms with Gasteiger partial charge in [0.25, 0.3) is 0 Å². The SMILES string of the molecule is ClCCN[C@@H]1C[C@H]1c1ccc(-c2ccccc2)cc1. The molecule has 0 spiro atoms. The molecule has 2 aromatic rings. The van der Waals surface area contributed by atoms with Gasteiger partial charge in [0.1, 0.15) is 0 Å². The van der Waals surface area contributed by atoms with E-state index in [1.165, 1.54) is 23.1 Å². The molecule has 0 amide bonds. The van der Waals surface area contributed by atoms with Crippen molar-refractivity contribution in [2.24, 2.45) is 0 Å². The summed E-state index contributed by atoms with van der Waals surface area (Å²) in [6, 6.07) is 20.1. The van der Waals surface area contributed by atoms with Gasteiger partial charge in [0, 0.05) is 24.4 Å². The highest BCUT2D eigenvalue weighted by atomic mass is 35.5. The lowest BCUT2D eigenvalue weighted by molar-refractivity contribution is 0.706. The summed E-state index contributed by atoms with van der Waals surface area (Å²) < 4.78 is 0. The van der Waals surface area contributed by atoms with Crippen molar-refractivity contribution in [3.05, 3.63) is 60.2 Å². The van der Waals surface area contributed by atoms with E-state index < -0.39 is 0 Å². The maximum Gasteiger partial charge on any atom is 0.0348 e. The molecule has 0 aliphatic heterocycles. The fourth-order valence-electron chi connectivity index (χ4n) is 2.58. The average molecular weight is 272 g/mol. The minimum Gasteiger partial charge on any atom is -0.312 e. The Balaban J connectivity index is 1.67. The van der Waals surface area contributed by atoms with E-state index in [-0.39, 0.29) is 0 Å². The molecule has 0 heterocycles. The molecule has 1 nitrogen and oxygen atoms in total. The van der Waals surface area contributed by atoms with Crippen LogP contribution in [0.2, 0.25) is 0 Å². The maximum atomic E-state index is 5.69. The van der Waals surface area contributed by atoms with Crippen LogP contribution in [0.1, 0.15) is 17.9 Å². The molecule has 1 aliphatic carbocycles. The molecule has 98 valence electrons. The van der Waals surface area contributed by atoms with E-state index in [1.54, 1.807) is 0 Å². The molecule has 2 heteroatoms. The summed E-state index contributed by atoms with van der Waals surface area (Å²) in [5.41, 5.74) is 4.00. The van der Waals surface area contributed by atoms with Crippen LogP contribution in [0.15, 0.2) is 54.6 Å². The van der Waals surface area contributed by atoms with Crippen LogP contribution in [0, 0.1) is 0 Å². The Labute approximate surface area is 119 Å². The molecule has 0 saturated heterocycles. The van der Waals surface area contributed by atoms with Gasteiger partial charge in [0.2, 0.25) is 0 Å². The van der Waals surface area contributed by atoms with Crippen LogP contribution in [-0.2, 0) is 0 Å². The molecular formula is C17H18ClN. The van der Waals surface area contributed by atoms with Crippen LogP contribution < -0.4 is 5.32 Å². The molecule has 0 aromatic heterocycles. The molecule has 3 rings (SSSR count). The largest absolute Gasteiger partial charge is 0.312 e. The molecule has 2 aromatic carbocycles. The zero-order chi connectivity index (χ0) is 13.1. The number of halogens is 1. The number of benzene rings is 2. The van der Waals surface area contributed by atoms with Crippen molar-refractivity contribution in [3.8, 4) is 11.1 Å². The Hall–Kier alpha value is -1.31. The third-order valence-electron chi connectivity index (χ3n) is 3.74. The van der Waals surface area contributed by atoms with Crippen LogP contribution in [0.5, 0.6) is 0 Å². The fraction of sp³-hybridized carbons (Fsp3) is 0.294. The summed E-state index contributed by atoms with van der Waals surface area (Å²) in [6.45, 7) is 0.908. The van der Waals surface area contributed by atoms with Gasteiger partial charge in [-0.2, -0.15) is 0 Å². The van der Waals surface area contributed by atoms with Crippen molar-refractivity contribution in [1.29, 1.82) is 0 Å². The molecular weight excluding hydrogens is 254 g/mol. The van der Waals surface area contributed by atoms with Gasteiger partial charge in [-0.05, 0) is 23.1 Å². The first-order valence-electron chi connectivity index (χ1n) is 6.83. The normalized spacial score (nSPS) is 21.3. The van der Waals surface area contributed by atoms with E-state index >= 15 is 0 Å². The van der Waals surface area contributed by atoms with Gasteiger partial charge in [0.15, 0.2) is 0 Å². The van der Waals surface area contributed by atoms with Gasteiger partial charge in [-0.25, -0.2) is 0 Å². The third kappa shape index (κ3) is 2.99. The topological polar surface area (TPSA) is 12.0 Å². The first kappa shape index (κ1) is 12.7. The summed E-state index contributed by atoms with van der Waals surface area (Å²) in [5.74, 6) is 1.36. The highest BCUT2D eigenvalue weighted by Gasteiger charge is 2.37. The Morgan fingerprint density at radius 2 is 1.63 bits per heavy atom. The van der Waals surface area contributed by atoms with E-state index in [1.807, 2.05) is 0 Å². The van der Waals surface area contributed by atoms with Gasteiger partial charge >= 0.3 is 0 Å². The van der Waals surface area contributed by atoms with E-state index in [0.29, 0.717) is 17.8 Å². The minimum atomic E-state index is 0.626. The van der Waals surface area contributed by atoms with Crippen LogP contribution >= 0.6 is 11.6 Å². The van der Waals surface area contributed by atoms with Crippen molar-refractivity contribution in [1.82, 2.24) is 5.32 Å². The first-order chi connectivity index (χ1) is 9.38. The number of nitrogens with one attached hydrogen (secondary N) is 1. The van der Waals surface area contributed by atoms with Gasteiger partial charge in [0.05, 0.1) is 0 Å². The number of alkyl halides is 1. The quantitative estimate of drug-likeness (QED) is 0.810. The summed E-state index contributed by atoms with van der Waals surface area (Å²) in [7, 11) is 0. The highest BCUT2D eigenvalue weighted by Crippen LogP contribution is 2.41.